The molecular formula is C15H20N2O3S. The van der Waals surface area contributed by atoms with E-state index < -0.39 is 10.0 Å². The number of benzene rings is 1. The average Bonchev–Trinajstić information content (AvgIpc) is 2.77. The molecule has 0 amide bonds. The summed E-state index contributed by atoms with van der Waals surface area (Å²) in [6.07, 6.45) is 5.73. The Morgan fingerprint density at radius 2 is 2.14 bits per heavy atom. The number of rotatable bonds is 4. The molecular weight excluding hydrogens is 288 g/mol. The van der Waals surface area contributed by atoms with Crippen LogP contribution in [0.5, 0.6) is 0 Å². The van der Waals surface area contributed by atoms with Gasteiger partial charge in [0.2, 0.25) is 5.90 Å². The molecule has 1 aromatic rings. The Kier molecular flexibility index (Phi) is 4.26. The monoisotopic (exact) mass is 308 g/mol. The zero-order valence-corrected chi connectivity index (χ0v) is 12.7. The van der Waals surface area contributed by atoms with Crippen LogP contribution in [0.25, 0.3) is 0 Å². The Morgan fingerprint density at radius 1 is 1.29 bits per heavy atom. The highest BCUT2D eigenvalue weighted by atomic mass is 32.2. The van der Waals surface area contributed by atoms with E-state index in [1.54, 1.807) is 24.3 Å². The zero-order valence-electron chi connectivity index (χ0n) is 11.9. The van der Waals surface area contributed by atoms with E-state index in [4.69, 9.17) is 4.74 Å². The average molecular weight is 308 g/mol. The molecule has 2 aliphatic rings. The van der Waals surface area contributed by atoms with Gasteiger partial charge in [-0.25, -0.2) is 0 Å². The Hall–Kier alpha value is -1.40. The van der Waals surface area contributed by atoms with E-state index in [-0.39, 0.29) is 10.8 Å². The lowest BCUT2D eigenvalue weighted by Crippen LogP contribution is -2.34. The lowest BCUT2D eigenvalue weighted by atomic mass is 10.0. The third kappa shape index (κ3) is 3.27. The number of hydrogen-bond donors (Lipinski definition) is 1. The first-order valence-corrected chi connectivity index (χ1v) is 8.91. The first kappa shape index (κ1) is 14.5. The minimum Gasteiger partial charge on any atom is -0.477 e. The van der Waals surface area contributed by atoms with Gasteiger partial charge in [0.1, 0.15) is 4.90 Å². The largest absolute Gasteiger partial charge is 0.477 e. The third-order valence-electron chi connectivity index (χ3n) is 3.95. The van der Waals surface area contributed by atoms with Gasteiger partial charge in [0.15, 0.2) is 0 Å². The van der Waals surface area contributed by atoms with Crippen molar-refractivity contribution in [3.05, 3.63) is 29.8 Å². The Morgan fingerprint density at radius 3 is 2.95 bits per heavy atom. The molecule has 1 saturated heterocycles. The molecule has 3 rings (SSSR count). The number of nitrogens with one attached hydrogen (secondary N) is 1. The first-order chi connectivity index (χ1) is 10.2. The molecule has 2 aliphatic heterocycles. The molecule has 0 saturated carbocycles. The van der Waals surface area contributed by atoms with Crippen molar-refractivity contribution in [2.24, 2.45) is 4.40 Å². The minimum atomic E-state index is -3.56. The molecule has 0 spiro atoms. The molecule has 0 radical (unpaired) electrons. The van der Waals surface area contributed by atoms with Crippen molar-refractivity contribution in [1.29, 1.82) is 0 Å². The van der Waals surface area contributed by atoms with Gasteiger partial charge < -0.3 is 10.1 Å². The van der Waals surface area contributed by atoms with Gasteiger partial charge in [0.05, 0.1) is 12.2 Å². The van der Waals surface area contributed by atoms with Crippen LogP contribution in [-0.4, -0.2) is 33.5 Å². The van der Waals surface area contributed by atoms with Gasteiger partial charge in [-0.15, -0.1) is 4.40 Å². The smallest absolute Gasteiger partial charge is 0.286 e. The third-order valence-corrected chi connectivity index (χ3v) is 5.26. The van der Waals surface area contributed by atoms with Crippen LogP contribution in [-0.2, 0) is 14.8 Å². The van der Waals surface area contributed by atoms with E-state index >= 15 is 0 Å². The maximum absolute atomic E-state index is 11.9. The SMILES string of the molecule is O=S1(=O)N=C(OCCCC2CCCCN2)c2ccccc21. The molecule has 6 heteroatoms. The number of piperidine rings is 1. The van der Waals surface area contributed by atoms with E-state index in [1.807, 2.05) is 0 Å². The van der Waals surface area contributed by atoms with Crippen LogP contribution in [0.2, 0.25) is 0 Å². The Labute approximate surface area is 125 Å². The van der Waals surface area contributed by atoms with Crippen molar-refractivity contribution < 1.29 is 13.2 Å². The van der Waals surface area contributed by atoms with Crippen LogP contribution in [0, 0.1) is 0 Å². The summed E-state index contributed by atoms with van der Waals surface area (Å²) < 4.78 is 33.1. The van der Waals surface area contributed by atoms with Gasteiger partial charge in [0, 0.05) is 6.04 Å². The summed E-state index contributed by atoms with van der Waals surface area (Å²) in [5, 5.41) is 3.49. The van der Waals surface area contributed by atoms with Crippen LogP contribution in [0.15, 0.2) is 33.6 Å². The Balaban J connectivity index is 1.54. The lowest BCUT2D eigenvalue weighted by Gasteiger charge is -2.23. The molecule has 1 aromatic carbocycles. The summed E-state index contributed by atoms with van der Waals surface area (Å²) in [5.41, 5.74) is 0.577. The fourth-order valence-corrected chi connectivity index (χ4v) is 4.00. The predicted molar refractivity (Wildman–Crippen MR) is 81.0 cm³/mol. The number of nitrogens with zero attached hydrogens (tertiary/aromatic N) is 1. The predicted octanol–water partition coefficient (Wildman–Crippen LogP) is 2.07. The van der Waals surface area contributed by atoms with Gasteiger partial charge in [0.25, 0.3) is 10.0 Å². The summed E-state index contributed by atoms with van der Waals surface area (Å²) in [7, 11) is -3.56. The highest BCUT2D eigenvalue weighted by Crippen LogP contribution is 2.26. The highest BCUT2D eigenvalue weighted by Gasteiger charge is 2.29. The molecule has 5 nitrogen and oxygen atoms in total. The fourth-order valence-electron chi connectivity index (χ4n) is 2.85. The van der Waals surface area contributed by atoms with Gasteiger partial charge in [-0.2, -0.15) is 8.42 Å². The van der Waals surface area contributed by atoms with Crippen LogP contribution >= 0.6 is 0 Å². The topological polar surface area (TPSA) is 67.8 Å². The quantitative estimate of drug-likeness (QED) is 0.865. The summed E-state index contributed by atoms with van der Waals surface area (Å²) in [6.45, 7) is 1.60. The maximum Gasteiger partial charge on any atom is 0.286 e. The molecule has 0 bridgehead atoms. The second-order valence-electron chi connectivity index (χ2n) is 5.51. The lowest BCUT2D eigenvalue weighted by molar-refractivity contribution is 0.276. The second-order valence-corrected chi connectivity index (χ2v) is 7.08. The summed E-state index contributed by atoms with van der Waals surface area (Å²) in [5.74, 6) is 0.238. The van der Waals surface area contributed by atoms with Crippen LogP contribution < -0.4 is 5.32 Å². The molecule has 1 N–H and O–H groups in total. The van der Waals surface area contributed by atoms with E-state index in [9.17, 15) is 8.42 Å². The standard InChI is InChI=1S/C15H20N2O3S/c18-21(19)14-9-2-1-8-13(14)15(17-21)20-11-5-7-12-6-3-4-10-16-12/h1-2,8-9,12,16H,3-7,10-11H2. The molecule has 2 heterocycles. The number of ether oxygens (including phenoxy) is 1. The molecule has 0 aromatic heterocycles. The molecule has 21 heavy (non-hydrogen) atoms. The maximum atomic E-state index is 11.9. The van der Waals surface area contributed by atoms with E-state index in [0.29, 0.717) is 18.2 Å². The summed E-state index contributed by atoms with van der Waals surface area (Å²) >= 11 is 0. The van der Waals surface area contributed by atoms with Gasteiger partial charge in [-0.1, -0.05) is 18.6 Å². The van der Waals surface area contributed by atoms with E-state index in [1.165, 1.54) is 19.3 Å². The van der Waals surface area contributed by atoms with Crippen LogP contribution in [0.4, 0.5) is 0 Å². The van der Waals surface area contributed by atoms with Gasteiger partial charge in [-0.3, -0.25) is 0 Å². The molecule has 114 valence electrons. The molecule has 1 unspecified atom stereocenters. The van der Waals surface area contributed by atoms with Crippen molar-refractivity contribution in [1.82, 2.24) is 5.32 Å². The second kappa shape index (κ2) is 6.15. The summed E-state index contributed by atoms with van der Waals surface area (Å²) in [4.78, 5) is 0.244. The van der Waals surface area contributed by atoms with Crippen molar-refractivity contribution in [2.75, 3.05) is 13.2 Å². The number of sulfonamides is 1. The minimum absolute atomic E-state index is 0.238. The zero-order chi connectivity index (χ0) is 14.7. The first-order valence-electron chi connectivity index (χ1n) is 7.47. The van der Waals surface area contributed by atoms with Crippen molar-refractivity contribution in [2.45, 2.75) is 43.0 Å². The Bertz CT molecular complexity index is 634. The number of hydrogen-bond acceptors (Lipinski definition) is 4. The molecule has 0 aliphatic carbocycles. The summed E-state index contributed by atoms with van der Waals surface area (Å²) in [6, 6.07) is 7.37. The van der Waals surface area contributed by atoms with Crippen molar-refractivity contribution >= 4 is 15.9 Å². The highest BCUT2D eigenvalue weighted by molar-refractivity contribution is 7.90. The van der Waals surface area contributed by atoms with Gasteiger partial charge >= 0.3 is 0 Å². The van der Waals surface area contributed by atoms with E-state index in [2.05, 4.69) is 9.71 Å². The van der Waals surface area contributed by atoms with Crippen molar-refractivity contribution in [3.8, 4) is 0 Å². The molecule has 1 atom stereocenters. The van der Waals surface area contributed by atoms with Crippen molar-refractivity contribution in [3.63, 3.8) is 0 Å². The van der Waals surface area contributed by atoms with Crippen LogP contribution in [0.1, 0.15) is 37.7 Å². The normalized spacial score (nSPS) is 23.4. The van der Waals surface area contributed by atoms with Gasteiger partial charge in [-0.05, 0) is 44.4 Å². The molecule has 1 fully saturated rings. The van der Waals surface area contributed by atoms with Crippen LogP contribution in [0.3, 0.4) is 0 Å². The fraction of sp³-hybridized carbons (Fsp3) is 0.533. The van der Waals surface area contributed by atoms with E-state index in [0.717, 1.165) is 19.4 Å². The number of fused-ring (bicyclic) bond motifs is 1.